The summed E-state index contributed by atoms with van der Waals surface area (Å²) < 4.78 is 40.2. The Labute approximate surface area is 106 Å². The first-order valence-corrected chi connectivity index (χ1v) is 4.96. The van der Waals surface area contributed by atoms with Gasteiger partial charge in [0.05, 0.1) is 11.3 Å². The second-order valence-electron chi connectivity index (χ2n) is 3.72. The third-order valence-electron chi connectivity index (χ3n) is 2.03. The van der Waals surface area contributed by atoms with E-state index in [2.05, 4.69) is 4.74 Å². The zero-order chi connectivity index (χ0) is 14.8. The van der Waals surface area contributed by atoms with Gasteiger partial charge in [-0.1, -0.05) is 0 Å². The minimum atomic E-state index is -4.97. The number of carboxylic acids is 1. The Balaban J connectivity index is 3.41. The Kier molecular flexibility index (Phi) is 3.93. The van der Waals surface area contributed by atoms with Crippen molar-refractivity contribution >= 4 is 17.7 Å². The highest BCUT2D eigenvalue weighted by Gasteiger charge is 2.32. The molecule has 0 fully saturated rings. The minimum Gasteiger partial charge on any atom is -0.478 e. The van der Waals surface area contributed by atoms with Crippen LogP contribution in [0.15, 0.2) is 17.8 Å². The van der Waals surface area contributed by atoms with E-state index < -0.39 is 18.1 Å². The molecule has 0 saturated carbocycles. The third kappa shape index (κ3) is 4.09. The van der Waals surface area contributed by atoms with Crippen molar-refractivity contribution in [3.8, 4) is 5.75 Å². The van der Waals surface area contributed by atoms with Crippen LogP contribution < -0.4 is 16.2 Å². The normalized spacial score (nSPS) is 12.3. The summed E-state index contributed by atoms with van der Waals surface area (Å²) in [6, 6.07) is 1.81. The number of nitrogens with two attached hydrogens (primary N) is 2. The first-order chi connectivity index (χ1) is 8.60. The molecule has 8 heteroatoms. The zero-order valence-corrected chi connectivity index (χ0v) is 9.78. The Morgan fingerprint density at radius 1 is 1.42 bits per heavy atom. The van der Waals surface area contributed by atoms with Crippen LogP contribution in [0.3, 0.4) is 0 Å². The van der Waals surface area contributed by atoms with Gasteiger partial charge in [-0.25, -0.2) is 4.79 Å². The molecule has 0 aliphatic heterocycles. The summed E-state index contributed by atoms with van der Waals surface area (Å²) in [6.45, 7) is 1.48. The van der Waals surface area contributed by atoms with Crippen LogP contribution >= 0.6 is 0 Å². The van der Waals surface area contributed by atoms with E-state index in [4.69, 9.17) is 16.6 Å². The van der Waals surface area contributed by atoms with E-state index >= 15 is 0 Å². The fourth-order valence-electron chi connectivity index (χ4n) is 1.35. The molecule has 19 heavy (non-hydrogen) atoms. The van der Waals surface area contributed by atoms with Crippen LogP contribution in [-0.4, -0.2) is 17.4 Å². The monoisotopic (exact) mass is 276 g/mol. The standard InChI is InChI=1S/C11H11F3N2O3/c1-5(15)2-6-3-7(10(17)18)4-8(9(6)16)19-11(12,13)14/h2-4H,15-16H2,1H3,(H,17,18)/b5-2-. The van der Waals surface area contributed by atoms with Crippen molar-refractivity contribution in [3.63, 3.8) is 0 Å². The second kappa shape index (κ2) is 5.09. The molecule has 5 nitrogen and oxygen atoms in total. The van der Waals surface area contributed by atoms with Crippen molar-refractivity contribution in [3.05, 3.63) is 29.0 Å². The van der Waals surface area contributed by atoms with Crippen molar-refractivity contribution in [2.24, 2.45) is 5.73 Å². The van der Waals surface area contributed by atoms with Crippen LogP contribution in [0.4, 0.5) is 18.9 Å². The fraction of sp³-hybridized carbons (Fsp3) is 0.182. The molecule has 1 aromatic rings. The lowest BCUT2D eigenvalue weighted by molar-refractivity contribution is -0.274. The molecular weight excluding hydrogens is 265 g/mol. The third-order valence-corrected chi connectivity index (χ3v) is 2.03. The molecule has 0 bridgehead atoms. The van der Waals surface area contributed by atoms with Crippen LogP contribution in [0.25, 0.3) is 6.08 Å². The van der Waals surface area contributed by atoms with Gasteiger partial charge in [-0.2, -0.15) is 0 Å². The molecule has 0 saturated heterocycles. The van der Waals surface area contributed by atoms with Gasteiger partial charge in [0, 0.05) is 11.3 Å². The van der Waals surface area contributed by atoms with Gasteiger partial charge in [-0.3, -0.25) is 0 Å². The average Bonchev–Trinajstić information content (AvgIpc) is 2.20. The number of anilines is 1. The Bertz CT molecular complexity index is 535. The van der Waals surface area contributed by atoms with E-state index in [0.29, 0.717) is 6.07 Å². The molecule has 1 rings (SSSR count). The second-order valence-corrected chi connectivity index (χ2v) is 3.72. The maximum atomic E-state index is 12.2. The minimum absolute atomic E-state index is 0.0409. The number of aromatic carboxylic acids is 1. The number of rotatable bonds is 3. The first-order valence-electron chi connectivity index (χ1n) is 4.96. The van der Waals surface area contributed by atoms with Crippen molar-refractivity contribution in [2.75, 3.05) is 5.73 Å². The van der Waals surface area contributed by atoms with E-state index in [0.717, 1.165) is 6.07 Å². The highest BCUT2D eigenvalue weighted by atomic mass is 19.4. The van der Waals surface area contributed by atoms with Gasteiger partial charge in [0.15, 0.2) is 5.75 Å². The summed E-state index contributed by atoms with van der Waals surface area (Å²) >= 11 is 0. The number of halogens is 3. The van der Waals surface area contributed by atoms with Crippen LogP contribution in [-0.2, 0) is 0 Å². The maximum Gasteiger partial charge on any atom is 0.573 e. The Morgan fingerprint density at radius 3 is 2.42 bits per heavy atom. The van der Waals surface area contributed by atoms with E-state index in [9.17, 15) is 18.0 Å². The lowest BCUT2D eigenvalue weighted by Gasteiger charge is -2.14. The van der Waals surface area contributed by atoms with Gasteiger partial charge in [0.1, 0.15) is 0 Å². The van der Waals surface area contributed by atoms with Gasteiger partial charge in [0.25, 0.3) is 0 Å². The molecule has 0 aromatic heterocycles. The highest BCUT2D eigenvalue weighted by molar-refractivity contribution is 5.91. The molecule has 0 atom stereocenters. The maximum absolute atomic E-state index is 12.2. The molecule has 5 N–H and O–H groups in total. The number of carboxylic acid groups (broad SMARTS) is 1. The summed E-state index contributed by atoms with van der Waals surface area (Å²) in [5, 5.41) is 8.83. The number of alkyl halides is 3. The van der Waals surface area contributed by atoms with Crippen LogP contribution in [0.1, 0.15) is 22.8 Å². The predicted molar refractivity (Wildman–Crippen MR) is 62.3 cm³/mol. The number of ether oxygens (including phenoxy) is 1. The lowest BCUT2D eigenvalue weighted by Crippen LogP contribution is -2.18. The topological polar surface area (TPSA) is 98.6 Å². The Hall–Kier alpha value is -2.38. The summed E-state index contributed by atoms with van der Waals surface area (Å²) in [5.74, 6) is -2.18. The number of hydrogen-bond donors (Lipinski definition) is 3. The number of hydrogen-bond acceptors (Lipinski definition) is 4. The number of allylic oxidation sites excluding steroid dienone is 1. The quantitative estimate of drug-likeness (QED) is 0.735. The van der Waals surface area contributed by atoms with E-state index in [1.807, 2.05) is 0 Å². The average molecular weight is 276 g/mol. The van der Waals surface area contributed by atoms with Crippen molar-refractivity contribution in [1.29, 1.82) is 0 Å². The number of benzene rings is 1. The largest absolute Gasteiger partial charge is 0.573 e. The molecule has 0 heterocycles. The van der Waals surface area contributed by atoms with Crippen LogP contribution in [0.2, 0.25) is 0 Å². The van der Waals surface area contributed by atoms with Crippen molar-refractivity contribution < 1.29 is 27.8 Å². The van der Waals surface area contributed by atoms with Gasteiger partial charge in [0.2, 0.25) is 0 Å². The summed E-state index contributed by atoms with van der Waals surface area (Å²) in [7, 11) is 0. The number of carbonyl (C=O) groups is 1. The molecule has 0 spiro atoms. The first kappa shape index (κ1) is 14.7. The van der Waals surface area contributed by atoms with E-state index in [1.54, 1.807) is 0 Å². The van der Waals surface area contributed by atoms with Crippen LogP contribution in [0.5, 0.6) is 5.75 Å². The summed E-state index contributed by atoms with van der Waals surface area (Å²) in [6.07, 6.45) is -3.71. The predicted octanol–water partition coefficient (Wildman–Crippen LogP) is 2.19. The molecule has 0 unspecified atom stereocenters. The van der Waals surface area contributed by atoms with Crippen LogP contribution in [0, 0.1) is 0 Å². The molecule has 104 valence electrons. The molecule has 0 radical (unpaired) electrons. The smallest absolute Gasteiger partial charge is 0.478 e. The highest BCUT2D eigenvalue weighted by Crippen LogP contribution is 2.33. The molecular formula is C11H11F3N2O3. The summed E-state index contributed by atoms with van der Waals surface area (Å²) in [4.78, 5) is 10.8. The van der Waals surface area contributed by atoms with E-state index in [1.165, 1.54) is 13.0 Å². The van der Waals surface area contributed by atoms with Gasteiger partial charge in [-0.05, 0) is 25.1 Å². The SMILES string of the molecule is C/C(N)=C/c1cc(C(=O)O)cc(OC(F)(F)F)c1N. The fourth-order valence-corrected chi connectivity index (χ4v) is 1.35. The Morgan fingerprint density at radius 2 is 2.00 bits per heavy atom. The van der Waals surface area contributed by atoms with Crippen molar-refractivity contribution in [1.82, 2.24) is 0 Å². The van der Waals surface area contributed by atoms with Gasteiger partial charge >= 0.3 is 12.3 Å². The lowest BCUT2D eigenvalue weighted by atomic mass is 10.1. The zero-order valence-electron chi connectivity index (χ0n) is 9.78. The van der Waals surface area contributed by atoms with E-state index in [-0.39, 0.29) is 22.5 Å². The molecule has 0 amide bonds. The molecule has 0 aliphatic rings. The molecule has 0 aliphatic carbocycles. The summed E-state index contributed by atoms with van der Waals surface area (Å²) in [5.41, 5.74) is 10.5. The molecule has 1 aromatic carbocycles. The van der Waals surface area contributed by atoms with Gasteiger partial charge in [-0.15, -0.1) is 13.2 Å². The van der Waals surface area contributed by atoms with Gasteiger partial charge < -0.3 is 21.3 Å². The van der Waals surface area contributed by atoms with Crippen molar-refractivity contribution in [2.45, 2.75) is 13.3 Å². The number of nitrogen functional groups attached to an aromatic ring is 1.